The summed E-state index contributed by atoms with van der Waals surface area (Å²) in [6.07, 6.45) is 12.8. The highest BCUT2D eigenvalue weighted by molar-refractivity contribution is 5.91. The van der Waals surface area contributed by atoms with E-state index in [1.807, 2.05) is 42.5 Å². The van der Waals surface area contributed by atoms with E-state index >= 15 is 0 Å². The molecule has 4 rings (SSSR count). The first-order valence-electron chi connectivity index (χ1n) is 11.6. The fraction of sp³-hybridized carbons (Fsp3) is 0.462. The van der Waals surface area contributed by atoms with Crippen molar-refractivity contribution in [2.24, 2.45) is 0 Å². The number of amides is 1. The molecule has 1 aromatic heterocycles. The van der Waals surface area contributed by atoms with E-state index in [1.54, 1.807) is 18.5 Å². The molecule has 2 fully saturated rings. The van der Waals surface area contributed by atoms with Crippen molar-refractivity contribution in [2.45, 2.75) is 44.2 Å². The van der Waals surface area contributed by atoms with Crippen LogP contribution in [0.4, 0.5) is 0 Å². The number of rotatable bonds is 8. The zero-order valence-corrected chi connectivity index (χ0v) is 18.7. The van der Waals surface area contributed by atoms with Gasteiger partial charge in [0.25, 0.3) is 0 Å². The highest BCUT2D eigenvalue weighted by Gasteiger charge is 2.38. The molecule has 0 spiro atoms. The molecular weight excluding hydrogens is 402 g/mol. The van der Waals surface area contributed by atoms with Crippen LogP contribution in [0, 0.1) is 0 Å². The maximum absolute atomic E-state index is 12.5. The Hall–Kier alpha value is -2.70. The molecule has 2 aliphatic heterocycles. The predicted molar refractivity (Wildman–Crippen MR) is 125 cm³/mol. The van der Waals surface area contributed by atoms with E-state index in [-0.39, 0.29) is 11.4 Å². The summed E-state index contributed by atoms with van der Waals surface area (Å²) in [7, 11) is 0. The lowest BCUT2D eigenvalue weighted by atomic mass is 9.86. The highest BCUT2D eigenvalue weighted by atomic mass is 16.5. The Balaban J connectivity index is 1.27. The van der Waals surface area contributed by atoms with E-state index in [9.17, 15) is 4.79 Å². The minimum atomic E-state index is -0.0511. The van der Waals surface area contributed by atoms with Gasteiger partial charge in [0.05, 0.1) is 0 Å². The summed E-state index contributed by atoms with van der Waals surface area (Å²) in [6, 6.07) is 11.6. The van der Waals surface area contributed by atoms with Crippen LogP contribution in [0.5, 0.6) is 5.75 Å². The van der Waals surface area contributed by atoms with E-state index in [2.05, 4.69) is 15.2 Å². The lowest BCUT2D eigenvalue weighted by Crippen LogP contribution is -2.59. The quantitative estimate of drug-likeness (QED) is 0.639. The number of aromatic nitrogens is 1. The normalized spacial score (nSPS) is 19.0. The van der Waals surface area contributed by atoms with Crippen molar-refractivity contribution in [3.05, 3.63) is 66.0 Å². The van der Waals surface area contributed by atoms with E-state index in [4.69, 9.17) is 9.47 Å². The summed E-state index contributed by atoms with van der Waals surface area (Å²) in [5.41, 5.74) is 2.03. The standard InChI is InChI=1S/C26H33N3O3/c30-25(28-21-26(12-17-31-18-13-26)29-15-2-1-3-16-29)11-8-22-6-9-24(10-7-22)32-20-23-5-4-14-27-19-23/h4-11,14,19H,1-3,12-13,15-18,20-21H2,(H,28,30). The number of ether oxygens (including phenoxy) is 2. The Morgan fingerprint density at radius 3 is 2.62 bits per heavy atom. The van der Waals surface area contributed by atoms with Crippen molar-refractivity contribution < 1.29 is 14.3 Å². The van der Waals surface area contributed by atoms with E-state index in [1.165, 1.54) is 19.3 Å². The van der Waals surface area contributed by atoms with Gasteiger partial charge in [0.15, 0.2) is 0 Å². The van der Waals surface area contributed by atoms with Crippen LogP contribution in [-0.4, -0.2) is 54.2 Å². The maximum Gasteiger partial charge on any atom is 0.244 e. The Morgan fingerprint density at radius 1 is 1.12 bits per heavy atom. The molecule has 2 saturated heterocycles. The number of nitrogens with one attached hydrogen (secondary N) is 1. The first-order valence-corrected chi connectivity index (χ1v) is 11.6. The number of hydrogen-bond donors (Lipinski definition) is 1. The third-order valence-electron chi connectivity index (χ3n) is 6.48. The highest BCUT2D eigenvalue weighted by Crippen LogP contribution is 2.30. The van der Waals surface area contributed by atoms with Crippen LogP contribution in [0.1, 0.15) is 43.2 Å². The predicted octanol–water partition coefficient (Wildman–Crippen LogP) is 3.83. The minimum Gasteiger partial charge on any atom is -0.489 e. The molecule has 1 aromatic carbocycles. The second-order valence-electron chi connectivity index (χ2n) is 8.65. The summed E-state index contributed by atoms with van der Waals surface area (Å²) < 4.78 is 11.4. The van der Waals surface area contributed by atoms with E-state index in [0.717, 1.165) is 56.0 Å². The van der Waals surface area contributed by atoms with Gasteiger partial charge in [-0.1, -0.05) is 24.6 Å². The van der Waals surface area contributed by atoms with Gasteiger partial charge in [0.1, 0.15) is 12.4 Å². The molecule has 2 aliphatic rings. The molecule has 1 N–H and O–H groups in total. The number of piperidine rings is 1. The molecule has 0 atom stereocenters. The van der Waals surface area contributed by atoms with Gasteiger partial charge in [-0.3, -0.25) is 14.7 Å². The number of pyridine rings is 1. The van der Waals surface area contributed by atoms with Crippen LogP contribution >= 0.6 is 0 Å². The van der Waals surface area contributed by atoms with Crippen molar-refractivity contribution in [3.8, 4) is 5.75 Å². The zero-order chi connectivity index (χ0) is 22.1. The Labute approximate surface area is 190 Å². The van der Waals surface area contributed by atoms with Crippen molar-refractivity contribution in [1.29, 1.82) is 0 Å². The largest absolute Gasteiger partial charge is 0.489 e. The summed E-state index contributed by atoms with van der Waals surface area (Å²) >= 11 is 0. The van der Waals surface area contributed by atoms with Crippen LogP contribution in [0.3, 0.4) is 0 Å². The molecule has 6 nitrogen and oxygen atoms in total. The second kappa shape index (κ2) is 11.2. The molecule has 6 heteroatoms. The topological polar surface area (TPSA) is 63.7 Å². The maximum atomic E-state index is 12.5. The average molecular weight is 436 g/mol. The Bertz CT molecular complexity index is 871. The summed E-state index contributed by atoms with van der Waals surface area (Å²) in [6.45, 7) is 4.96. The second-order valence-corrected chi connectivity index (χ2v) is 8.65. The van der Waals surface area contributed by atoms with Crippen molar-refractivity contribution >= 4 is 12.0 Å². The van der Waals surface area contributed by atoms with Gasteiger partial charge in [-0.25, -0.2) is 0 Å². The van der Waals surface area contributed by atoms with E-state index < -0.39 is 0 Å². The van der Waals surface area contributed by atoms with Crippen LogP contribution in [0.2, 0.25) is 0 Å². The van der Waals surface area contributed by atoms with E-state index in [0.29, 0.717) is 13.2 Å². The molecule has 170 valence electrons. The fourth-order valence-corrected chi connectivity index (χ4v) is 4.53. The van der Waals surface area contributed by atoms with Gasteiger partial charge in [-0.2, -0.15) is 0 Å². The smallest absolute Gasteiger partial charge is 0.244 e. The third-order valence-corrected chi connectivity index (χ3v) is 6.48. The van der Waals surface area contributed by atoms with Crippen molar-refractivity contribution in [3.63, 3.8) is 0 Å². The van der Waals surface area contributed by atoms with Gasteiger partial charge >= 0.3 is 0 Å². The average Bonchev–Trinajstić information content (AvgIpc) is 2.87. The van der Waals surface area contributed by atoms with Gasteiger partial charge in [0, 0.05) is 49.3 Å². The summed E-state index contributed by atoms with van der Waals surface area (Å²) in [5, 5.41) is 3.16. The molecular formula is C26H33N3O3. The first kappa shape index (κ1) is 22.5. The Kier molecular flexibility index (Phi) is 7.91. The number of hydrogen-bond acceptors (Lipinski definition) is 5. The summed E-state index contributed by atoms with van der Waals surface area (Å²) in [5.74, 6) is 0.739. The molecule has 0 aliphatic carbocycles. The molecule has 1 amide bonds. The van der Waals surface area contributed by atoms with Crippen molar-refractivity contribution in [2.75, 3.05) is 32.8 Å². The molecule has 3 heterocycles. The fourth-order valence-electron chi connectivity index (χ4n) is 4.53. The third kappa shape index (κ3) is 6.17. The van der Waals surface area contributed by atoms with Crippen LogP contribution in [-0.2, 0) is 16.1 Å². The minimum absolute atomic E-state index is 0.0371. The monoisotopic (exact) mass is 435 g/mol. The zero-order valence-electron chi connectivity index (χ0n) is 18.7. The van der Waals surface area contributed by atoms with Crippen LogP contribution < -0.4 is 10.1 Å². The van der Waals surface area contributed by atoms with Crippen LogP contribution in [0.25, 0.3) is 6.08 Å². The Morgan fingerprint density at radius 2 is 1.91 bits per heavy atom. The molecule has 0 unspecified atom stereocenters. The molecule has 2 aromatic rings. The number of benzene rings is 1. The number of nitrogens with zero attached hydrogens (tertiary/aromatic N) is 2. The van der Waals surface area contributed by atoms with Crippen LogP contribution in [0.15, 0.2) is 54.9 Å². The molecule has 0 radical (unpaired) electrons. The summed E-state index contributed by atoms with van der Waals surface area (Å²) in [4.78, 5) is 19.2. The number of carbonyl (C=O) groups is 1. The van der Waals surface area contributed by atoms with Gasteiger partial charge in [0.2, 0.25) is 5.91 Å². The lowest BCUT2D eigenvalue weighted by Gasteiger charge is -2.48. The number of carbonyl (C=O) groups excluding carboxylic acids is 1. The number of likely N-dealkylation sites (tertiary alicyclic amines) is 1. The van der Waals surface area contributed by atoms with Gasteiger partial charge < -0.3 is 14.8 Å². The first-order chi connectivity index (χ1) is 15.7. The van der Waals surface area contributed by atoms with Crippen molar-refractivity contribution in [1.82, 2.24) is 15.2 Å². The lowest BCUT2D eigenvalue weighted by molar-refractivity contribution is -0.118. The SMILES string of the molecule is O=C(C=Cc1ccc(OCc2cccnc2)cc1)NCC1(N2CCCCC2)CCOCC1. The molecule has 0 bridgehead atoms. The molecule has 32 heavy (non-hydrogen) atoms. The van der Waals surface area contributed by atoms with Gasteiger partial charge in [-0.05, 0) is 68.6 Å². The van der Waals surface area contributed by atoms with Gasteiger partial charge in [-0.15, -0.1) is 0 Å². The molecule has 0 saturated carbocycles.